The van der Waals surface area contributed by atoms with Crippen LogP contribution < -0.4 is 5.32 Å². The maximum absolute atomic E-state index is 11.7. The Hall–Kier alpha value is -0.610. The van der Waals surface area contributed by atoms with Crippen LogP contribution in [-0.2, 0) is 14.3 Å². The highest BCUT2D eigenvalue weighted by Crippen LogP contribution is 2.32. The molecule has 4 heteroatoms. The van der Waals surface area contributed by atoms with Gasteiger partial charge in [0, 0.05) is 13.2 Å². The SMILES string of the molecule is CCNC(C)(CCOCCC1CC1)C(=O)OC. The molecule has 0 saturated heterocycles. The first-order chi connectivity index (χ1) is 8.12. The summed E-state index contributed by atoms with van der Waals surface area (Å²) in [6, 6.07) is 0. The predicted octanol–water partition coefficient (Wildman–Crippen LogP) is 1.73. The Morgan fingerprint density at radius 1 is 1.41 bits per heavy atom. The van der Waals surface area contributed by atoms with Crippen LogP contribution in [0.15, 0.2) is 0 Å². The van der Waals surface area contributed by atoms with E-state index < -0.39 is 5.54 Å². The highest BCUT2D eigenvalue weighted by atomic mass is 16.5. The summed E-state index contributed by atoms with van der Waals surface area (Å²) >= 11 is 0. The van der Waals surface area contributed by atoms with E-state index in [4.69, 9.17) is 9.47 Å². The van der Waals surface area contributed by atoms with Gasteiger partial charge < -0.3 is 14.8 Å². The highest BCUT2D eigenvalue weighted by molar-refractivity contribution is 5.80. The summed E-state index contributed by atoms with van der Waals surface area (Å²) in [4.78, 5) is 11.7. The molecule has 1 unspecified atom stereocenters. The van der Waals surface area contributed by atoms with Crippen molar-refractivity contribution in [1.29, 1.82) is 0 Å². The largest absolute Gasteiger partial charge is 0.468 e. The molecule has 0 aromatic rings. The summed E-state index contributed by atoms with van der Waals surface area (Å²) in [5, 5.41) is 3.17. The maximum atomic E-state index is 11.7. The molecule has 1 N–H and O–H groups in total. The van der Waals surface area contributed by atoms with Crippen molar-refractivity contribution in [2.75, 3.05) is 26.9 Å². The van der Waals surface area contributed by atoms with Crippen molar-refractivity contribution in [3.63, 3.8) is 0 Å². The minimum Gasteiger partial charge on any atom is -0.468 e. The van der Waals surface area contributed by atoms with Crippen molar-refractivity contribution >= 4 is 5.97 Å². The van der Waals surface area contributed by atoms with Gasteiger partial charge in [-0.3, -0.25) is 4.79 Å². The number of hydrogen-bond donors (Lipinski definition) is 1. The van der Waals surface area contributed by atoms with Crippen LogP contribution in [0.3, 0.4) is 0 Å². The smallest absolute Gasteiger partial charge is 0.325 e. The Kier molecular flexibility index (Phi) is 5.92. The Bertz CT molecular complexity index is 241. The molecule has 0 aromatic carbocycles. The monoisotopic (exact) mass is 243 g/mol. The van der Waals surface area contributed by atoms with E-state index in [1.807, 2.05) is 13.8 Å². The lowest BCUT2D eigenvalue weighted by Gasteiger charge is -2.27. The fourth-order valence-corrected chi connectivity index (χ4v) is 1.91. The van der Waals surface area contributed by atoms with Crippen molar-refractivity contribution in [3.8, 4) is 0 Å². The van der Waals surface area contributed by atoms with Gasteiger partial charge in [-0.05, 0) is 32.2 Å². The molecular formula is C13H25NO3. The third-order valence-electron chi connectivity index (χ3n) is 3.32. The van der Waals surface area contributed by atoms with Crippen molar-refractivity contribution in [2.24, 2.45) is 5.92 Å². The average molecular weight is 243 g/mol. The maximum Gasteiger partial charge on any atom is 0.325 e. The van der Waals surface area contributed by atoms with Crippen LogP contribution in [0.25, 0.3) is 0 Å². The molecule has 0 bridgehead atoms. The number of esters is 1. The van der Waals surface area contributed by atoms with Gasteiger partial charge in [0.15, 0.2) is 0 Å². The van der Waals surface area contributed by atoms with Gasteiger partial charge in [-0.1, -0.05) is 19.8 Å². The molecule has 1 aliphatic carbocycles. The van der Waals surface area contributed by atoms with Crippen LogP contribution in [0.5, 0.6) is 0 Å². The lowest BCUT2D eigenvalue weighted by molar-refractivity contribution is -0.148. The Labute approximate surface area is 104 Å². The number of hydrogen-bond acceptors (Lipinski definition) is 4. The molecule has 1 saturated carbocycles. The highest BCUT2D eigenvalue weighted by Gasteiger charge is 2.32. The molecular weight excluding hydrogens is 218 g/mol. The second kappa shape index (κ2) is 6.97. The summed E-state index contributed by atoms with van der Waals surface area (Å²) in [5.41, 5.74) is -0.622. The van der Waals surface area contributed by atoms with E-state index in [1.165, 1.54) is 20.0 Å². The van der Waals surface area contributed by atoms with Crippen molar-refractivity contribution in [2.45, 2.75) is 45.1 Å². The molecule has 0 amide bonds. The molecule has 17 heavy (non-hydrogen) atoms. The fraction of sp³-hybridized carbons (Fsp3) is 0.923. The molecule has 0 aliphatic heterocycles. The quantitative estimate of drug-likeness (QED) is 0.495. The minimum absolute atomic E-state index is 0.217. The van der Waals surface area contributed by atoms with Crippen molar-refractivity contribution < 1.29 is 14.3 Å². The number of rotatable bonds is 9. The van der Waals surface area contributed by atoms with Crippen molar-refractivity contribution in [3.05, 3.63) is 0 Å². The second-order valence-electron chi connectivity index (χ2n) is 4.95. The summed E-state index contributed by atoms with van der Waals surface area (Å²) in [5.74, 6) is 0.681. The number of ether oxygens (including phenoxy) is 2. The molecule has 1 aliphatic rings. The van der Waals surface area contributed by atoms with Gasteiger partial charge in [0.25, 0.3) is 0 Å². The number of carbonyl (C=O) groups is 1. The second-order valence-corrected chi connectivity index (χ2v) is 4.95. The molecule has 100 valence electrons. The third kappa shape index (κ3) is 5.04. The fourth-order valence-electron chi connectivity index (χ4n) is 1.91. The molecule has 0 aromatic heterocycles. The zero-order valence-electron chi connectivity index (χ0n) is 11.3. The number of methoxy groups -OCH3 is 1. The lowest BCUT2D eigenvalue weighted by atomic mass is 9.98. The number of carbonyl (C=O) groups excluding carboxylic acids is 1. The van der Waals surface area contributed by atoms with E-state index in [0.29, 0.717) is 13.0 Å². The normalized spacial score (nSPS) is 18.8. The Morgan fingerprint density at radius 2 is 2.12 bits per heavy atom. The van der Waals surface area contributed by atoms with Gasteiger partial charge in [0.05, 0.1) is 7.11 Å². The van der Waals surface area contributed by atoms with E-state index in [1.54, 1.807) is 0 Å². The van der Waals surface area contributed by atoms with E-state index in [-0.39, 0.29) is 5.97 Å². The summed E-state index contributed by atoms with van der Waals surface area (Å²) < 4.78 is 10.4. The van der Waals surface area contributed by atoms with Crippen LogP contribution in [-0.4, -0.2) is 38.4 Å². The first-order valence-corrected chi connectivity index (χ1v) is 6.53. The van der Waals surface area contributed by atoms with Gasteiger partial charge in [-0.2, -0.15) is 0 Å². The summed E-state index contributed by atoms with van der Waals surface area (Å²) in [6.07, 6.45) is 4.54. The lowest BCUT2D eigenvalue weighted by Crippen LogP contribution is -2.50. The third-order valence-corrected chi connectivity index (χ3v) is 3.32. The van der Waals surface area contributed by atoms with Gasteiger partial charge in [-0.25, -0.2) is 0 Å². The van der Waals surface area contributed by atoms with Gasteiger partial charge >= 0.3 is 5.97 Å². The minimum atomic E-state index is -0.622. The van der Waals surface area contributed by atoms with Gasteiger partial charge in [0.1, 0.15) is 5.54 Å². The predicted molar refractivity (Wildman–Crippen MR) is 66.9 cm³/mol. The Morgan fingerprint density at radius 3 is 2.65 bits per heavy atom. The van der Waals surface area contributed by atoms with E-state index >= 15 is 0 Å². The average Bonchev–Trinajstić information content (AvgIpc) is 3.12. The van der Waals surface area contributed by atoms with Crippen LogP contribution in [0.1, 0.15) is 39.5 Å². The zero-order valence-corrected chi connectivity index (χ0v) is 11.3. The molecule has 0 heterocycles. The van der Waals surface area contributed by atoms with Gasteiger partial charge in [0.2, 0.25) is 0 Å². The van der Waals surface area contributed by atoms with Crippen LogP contribution >= 0.6 is 0 Å². The molecule has 4 nitrogen and oxygen atoms in total. The summed E-state index contributed by atoms with van der Waals surface area (Å²) in [6.45, 7) is 6.01. The molecule has 0 spiro atoms. The first-order valence-electron chi connectivity index (χ1n) is 6.53. The standard InChI is InChI=1S/C13H25NO3/c1-4-14-13(2,12(15)16-3)8-10-17-9-7-11-5-6-11/h11,14H,4-10H2,1-3H3. The number of nitrogens with one attached hydrogen (secondary N) is 1. The first kappa shape index (κ1) is 14.5. The van der Waals surface area contributed by atoms with Crippen LogP contribution in [0, 0.1) is 5.92 Å². The Balaban J connectivity index is 2.19. The summed E-state index contributed by atoms with van der Waals surface area (Å²) in [7, 11) is 1.42. The van der Waals surface area contributed by atoms with E-state index in [9.17, 15) is 4.79 Å². The molecule has 0 radical (unpaired) electrons. The molecule has 1 fully saturated rings. The van der Waals surface area contributed by atoms with Gasteiger partial charge in [-0.15, -0.1) is 0 Å². The molecule has 1 atom stereocenters. The van der Waals surface area contributed by atoms with Crippen LogP contribution in [0.4, 0.5) is 0 Å². The van der Waals surface area contributed by atoms with E-state index in [2.05, 4.69) is 5.32 Å². The van der Waals surface area contributed by atoms with E-state index in [0.717, 1.165) is 25.5 Å². The number of likely N-dealkylation sites (N-methyl/N-ethyl adjacent to an activating group) is 1. The zero-order chi connectivity index (χ0) is 12.7. The molecule has 1 rings (SSSR count). The van der Waals surface area contributed by atoms with Crippen LogP contribution in [0.2, 0.25) is 0 Å². The topological polar surface area (TPSA) is 47.6 Å². The van der Waals surface area contributed by atoms with Crippen molar-refractivity contribution in [1.82, 2.24) is 5.32 Å².